The third-order valence-corrected chi connectivity index (χ3v) is 3.75. The largest absolute Gasteiger partial charge is 0.446 e. The summed E-state index contributed by atoms with van der Waals surface area (Å²) >= 11 is 1.28. The van der Waals surface area contributed by atoms with Crippen LogP contribution in [0.25, 0.3) is 0 Å². The van der Waals surface area contributed by atoms with Gasteiger partial charge in [0.25, 0.3) is 0 Å². The summed E-state index contributed by atoms with van der Waals surface area (Å²) in [5.74, 6) is 0.550. The lowest BCUT2D eigenvalue weighted by atomic mass is 9.95. The van der Waals surface area contributed by atoms with Crippen molar-refractivity contribution in [3.8, 4) is 0 Å². The number of nitrogens with zero attached hydrogens (tertiary/aromatic N) is 4. The molecular formula is C16H20N4O2S. The highest BCUT2D eigenvalue weighted by Crippen LogP contribution is 2.22. The summed E-state index contributed by atoms with van der Waals surface area (Å²) in [5.41, 5.74) is -0.322. The summed E-state index contributed by atoms with van der Waals surface area (Å²) in [6.07, 6.45) is 2.87. The van der Waals surface area contributed by atoms with Gasteiger partial charge >= 0.3 is 6.09 Å². The van der Waals surface area contributed by atoms with Gasteiger partial charge in [-0.05, 0) is 30.1 Å². The molecule has 122 valence electrons. The van der Waals surface area contributed by atoms with Crippen molar-refractivity contribution in [2.45, 2.75) is 25.7 Å². The lowest BCUT2D eigenvalue weighted by Gasteiger charge is -2.20. The zero-order valence-corrected chi connectivity index (χ0v) is 14.4. The molecule has 2 aromatic rings. The van der Waals surface area contributed by atoms with E-state index in [0.717, 1.165) is 4.90 Å². The highest BCUT2D eigenvalue weighted by molar-refractivity contribution is 7.97. The van der Waals surface area contributed by atoms with E-state index in [1.807, 2.05) is 51.1 Å². The van der Waals surface area contributed by atoms with Gasteiger partial charge in [-0.15, -0.1) is 0 Å². The maximum atomic E-state index is 12.1. The number of rotatable bonds is 3. The van der Waals surface area contributed by atoms with Gasteiger partial charge in [-0.25, -0.2) is 13.8 Å². The minimum Gasteiger partial charge on any atom is -0.295 e. The SMILES string of the molecule is CN(Sc1ccccc1)C(=O)ON=C(n1cccn1)C(C)(C)C. The third-order valence-electron chi connectivity index (χ3n) is 2.85. The fourth-order valence-corrected chi connectivity index (χ4v) is 2.44. The van der Waals surface area contributed by atoms with Gasteiger partial charge < -0.3 is 0 Å². The van der Waals surface area contributed by atoms with Crippen LogP contribution in [0.5, 0.6) is 0 Å². The average molecular weight is 332 g/mol. The molecule has 0 spiro atoms. The molecule has 0 aliphatic carbocycles. The Balaban J connectivity index is 2.06. The molecule has 1 amide bonds. The Morgan fingerprint density at radius 3 is 2.52 bits per heavy atom. The molecule has 0 N–H and O–H groups in total. The van der Waals surface area contributed by atoms with E-state index in [4.69, 9.17) is 4.84 Å². The van der Waals surface area contributed by atoms with Gasteiger partial charge in [-0.2, -0.15) is 5.10 Å². The quantitative estimate of drug-likeness (QED) is 0.281. The first-order valence-corrected chi connectivity index (χ1v) is 7.91. The molecule has 0 fully saturated rings. The monoisotopic (exact) mass is 332 g/mol. The van der Waals surface area contributed by atoms with Crippen LogP contribution in [-0.2, 0) is 4.84 Å². The molecule has 0 saturated carbocycles. The van der Waals surface area contributed by atoms with Crippen molar-refractivity contribution in [3.63, 3.8) is 0 Å². The lowest BCUT2D eigenvalue weighted by molar-refractivity contribution is 0.135. The minimum absolute atomic E-state index is 0.322. The first kappa shape index (κ1) is 17.1. The van der Waals surface area contributed by atoms with Gasteiger partial charge in [0.1, 0.15) is 0 Å². The van der Waals surface area contributed by atoms with Gasteiger partial charge in [0, 0.05) is 29.8 Å². The number of hydrogen-bond donors (Lipinski definition) is 0. The number of aromatic nitrogens is 2. The second kappa shape index (κ2) is 7.32. The molecule has 6 nitrogen and oxygen atoms in total. The summed E-state index contributed by atoms with van der Waals surface area (Å²) in [6, 6.07) is 11.4. The van der Waals surface area contributed by atoms with E-state index in [1.54, 1.807) is 30.2 Å². The van der Waals surface area contributed by atoms with E-state index >= 15 is 0 Å². The highest BCUT2D eigenvalue weighted by atomic mass is 32.2. The number of amides is 1. The molecule has 0 aliphatic heterocycles. The van der Waals surface area contributed by atoms with Crippen molar-refractivity contribution in [1.82, 2.24) is 14.1 Å². The van der Waals surface area contributed by atoms with Crippen LogP contribution >= 0.6 is 11.9 Å². The van der Waals surface area contributed by atoms with Crippen molar-refractivity contribution < 1.29 is 9.63 Å². The number of carbonyl (C=O) groups excluding carboxylic acids is 1. The maximum absolute atomic E-state index is 12.1. The summed E-state index contributed by atoms with van der Waals surface area (Å²) in [6.45, 7) is 5.93. The zero-order valence-electron chi connectivity index (χ0n) is 13.6. The first-order chi connectivity index (χ1) is 10.9. The standard InChI is InChI=1S/C16H20N4O2S/c1-16(2,3)14(20-12-8-11-17-20)18-22-15(21)19(4)23-13-9-6-5-7-10-13/h5-12H,1-4H3. The van der Waals surface area contributed by atoms with E-state index in [9.17, 15) is 4.79 Å². The average Bonchev–Trinajstić information content (AvgIpc) is 3.00. The van der Waals surface area contributed by atoms with Gasteiger partial charge in [0.05, 0.1) is 0 Å². The van der Waals surface area contributed by atoms with Crippen molar-refractivity contribution in [2.24, 2.45) is 10.6 Å². The molecule has 1 aromatic heterocycles. The molecule has 1 heterocycles. The normalized spacial score (nSPS) is 12.1. The van der Waals surface area contributed by atoms with Crippen LogP contribution in [0.1, 0.15) is 20.8 Å². The summed E-state index contributed by atoms with van der Waals surface area (Å²) in [7, 11) is 1.64. The molecule has 0 radical (unpaired) electrons. The Morgan fingerprint density at radius 1 is 1.26 bits per heavy atom. The van der Waals surface area contributed by atoms with E-state index in [2.05, 4.69) is 10.3 Å². The molecule has 0 unspecified atom stereocenters. The Morgan fingerprint density at radius 2 is 1.96 bits per heavy atom. The molecule has 0 atom stereocenters. The Hall–Kier alpha value is -2.28. The predicted octanol–water partition coefficient (Wildman–Crippen LogP) is 3.87. The molecule has 7 heteroatoms. The highest BCUT2D eigenvalue weighted by Gasteiger charge is 2.23. The lowest BCUT2D eigenvalue weighted by Crippen LogP contribution is -2.30. The van der Waals surface area contributed by atoms with Crippen LogP contribution in [0.2, 0.25) is 0 Å². The van der Waals surface area contributed by atoms with E-state index in [1.165, 1.54) is 16.3 Å². The first-order valence-electron chi connectivity index (χ1n) is 7.14. The van der Waals surface area contributed by atoms with Gasteiger partial charge in [-0.3, -0.25) is 4.84 Å². The van der Waals surface area contributed by atoms with Gasteiger partial charge in [0.15, 0.2) is 5.84 Å². The molecule has 2 rings (SSSR count). The summed E-state index contributed by atoms with van der Waals surface area (Å²) in [4.78, 5) is 18.1. The number of carbonyl (C=O) groups is 1. The van der Waals surface area contributed by atoms with Crippen molar-refractivity contribution >= 4 is 23.9 Å². The molecule has 0 aliphatic rings. The molecule has 1 aromatic carbocycles. The molecule has 0 saturated heterocycles. The van der Waals surface area contributed by atoms with Gasteiger partial charge in [-0.1, -0.05) is 44.1 Å². The summed E-state index contributed by atoms with van der Waals surface area (Å²) < 4.78 is 2.99. The number of hydrogen-bond acceptors (Lipinski definition) is 5. The summed E-state index contributed by atoms with van der Waals surface area (Å²) in [5, 5.41) is 8.16. The van der Waals surface area contributed by atoms with Crippen molar-refractivity contribution in [2.75, 3.05) is 7.05 Å². The van der Waals surface area contributed by atoms with Crippen LogP contribution < -0.4 is 0 Å². The zero-order chi connectivity index (χ0) is 16.9. The van der Waals surface area contributed by atoms with Crippen LogP contribution in [0.15, 0.2) is 58.8 Å². The number of benzene rings is 1. The topological polar surface area (TPSA) is 59.7 Å². The molecular weight excluding hydrogens is 312 g/mol. The number of oxime groups is 1. The van der Waals surface area contributed by atoms with Crippen LogP contribution in [0.4, 0.5) is 4.79 Å². The Kier molecular flexibility index (Phi) is 5.44. The smallest absolute Gasteiger partial charge is 0.295 e. The van der Waals surface area contributed by atoms with Crippen LogP contribution in [0.3, 0.4) is 0 Å². The van der Waals surface area contributed by atoms with E-state index < -0.39 is 6.09 Å². The van der Waals surface area contributed by atoms with E-state index in [0.29, 0.717) is 5.84 Å². The molecule has 0 bridgehead atoms. The van der Waals surface area contributed by atoms with Crippen LogP contribution in [-0.4, -0.2) is 33.1 Å². The fraction of sp³-hybridized carbons (Fsp3) is 0.312. The second-order valence-corrected chi connectivity index (χ2v) is 7.08. The third kappa shape index (κ3) is 4.85. The predicted molar refractivity (Wildman–Crippen MR) is 91.1 cm³/mol. The second-order valence-electron chi connectivity index (χ2n) is 5.87. The minimum atomic E-state index is -0.548. The van der Waals surface area contributed by atoms with Gasteiger partial charge in [0.2, 0.25) is 0 Å². The Bertz CT molecular complexity index is 663. The van der Waals surface area contributed by atoms with Crippen molar-refractivity contribution in [3.05, 3.63) is 48.8 Å². The maximum Gasteiger partial charge on any atom is 0.446 e. The Labute approximate surface area is 140 Å². The fourth-order valence-electron chi connectivity index (χ4n) is 1.73. The molecule has 23 heavy (non-hydrogen) atoms. The van der Waals surface area contributed by atoms with Crippen LogP contribution in [0, 0.1) is 5.41 Å². The van der Waals surface area contributed by atoms with E-state index in [-0.39, 0.29) is 5.41 Å². The van der Waals surface area contributed by atoms with Crippen molar-refractivity contribution in [1.29, 1.82) is 0 Å².